The van der Waals surface area contributed by atoms with Crippen molar-refractivity contribution in [3.63, 3.8) is 0 Å². The molecule has 3 aromatic heterocycles. The molecule has 0 aromatic carbocycles. The molecule has 166 valence electrons. The molecule has 1 aliphatic carbocycles. The van der Waals surface area contributed by atoms with Gasteiger partial charge in [-0.2, -0.15) is 24.4 Å². The summed E-state index contributed by atoms with van der Waals surface area (Å²) in [6.07, 6.45) is 4.93. The van der Waals surface area contributed by atoms with Crippen LogP contribution in [0.15, 0.2) is 24.4 Å². The summed E-state index contributed by atoms with van der Waals surface area (Å²) in [5.74, 6) is 0.839. The molecular weight excluding hydrogens is 437 g/mol. The summed E-state index contributed by atoms with van der Waals surface area (Å²) >= 11 is 6.18. The smallest absolute Gasteiger partial charge is 0.250 e. The number of hydrogen-bond donors (Lipinski definition) is 3. The summed E-state index contributed by atoms with van der Waals surface area (Å²) < 4.78 is 13.1. The summed E-state index contributed by atoms with van der Waals surface area (Å²) in [4.78, 5) is 31.4. The van der Waals surface area contributed by atoms with Crippen molar-refractivity contribution in [3.05, 3.63) is 41.3 Å². The number of amides is 1. The Labute approximate surface area is 188 Å². The molecule has 1 aliphatic heterocycles. The van der Waals surface area contributed by atoms with E-state index in [0.29, 0.717) is 36.3 Å². The lowest BCUT2D eigenvalue weighted by Gasteiger charge is -2.33. The summed E-state index contributed by atoms with van der Waals surface area (Å²) in [6.45, 7) is 2.38. The van der Waals surface area contributed by atoms with Crippen LogP contribution in [-0.4, -0.2) is 48.1 Å². The van der Waals surface area contributed by atoms with Gasteiger partial charge >= 0.3 is 0 Å². The van der Waals surface area contributed by atoms with E-state index in [0.717, 1.165) is 25.0 Å². The molecule has 0 spiro atoms. The molecule has 4 heterocycles. The van der Waals surface area contributed by atoms with Crippen molar-refractivity contribution < 1.29 is 9.18 Å². The molecule has 2 aliphatic rings. The first-order chi connectivity index (χ1) is 15.4. The van der Waals surface area contributed by atoms with Crippen LogP contribution in [0.3, 0.4) is 0 Å². The number of rotatable bonds is 6. The fourth-order valence-electron chi connectivity index (χ4n) is 3.86. The first-order valence-electron chi connectivity index (χ1n) is 10.4. The molecule has 3 N–H and O–H groups in total. The van der Waals surface area contributed by atoms with Gasteiger partial charge in [0.2, 0.25) is 29.0 Å². The minimum absolute atomic E-state index is 0.0109. The molecule has 1 atom stereocenters. The molecule has 2 fully saturated rings. The normalized spacial score (nSPS) is 20.4. The number of aromatic nitrogens is 6. The monoisotopic (exact) mass is 457 g/mol. The SMILES string of the molecule is CC1(C(=O)Nc2ccc(F)nc2)CCCN1c1nc(Cl)nc(Nc2cc(C3CC3)n[nH]2)n1. The molecule has 1 saturated heterocycles. The minimum Gasteiger partial charge on any atom is -0.326 e. The van der Waals surface area contributed by atoms with Gasteiger partial charge in [-0.05, 0) is 56.3 Å². The molecular formula is C20H21ClFN9O. The van der Waals surface area contributed by atoms with Gasteiger partial charge in [0, 0.05) is 18.5 Å². The van der Waals surface area contributed by atoms with Crippen molar-refractivity contribution in [3.8, 4) is 0 Å². The van der Waals surface area contributed by atoms with E-state index in [1.54, 1.807) is 4.90 Å². The Morgan fingerprint density at radius 1 is 1.31 bits per heavy atom. The third-order valence-electron chi connectivity index (χ3n) is 5.79. The second kappa shape index (κ2) is 7.97. The zero-order valence-corrected chi connectivity index (χ0v) is 18.0. The standard InChI is InChI=1S/C20H21ClFN9O/c1-20(16(32)24-12-5-6-14(22)23-10-12)7-2-8-31(20)19-27-17(21)26-18(28-19)25-15-9-13(29-30-15)11-3-4-11/h5-6,9-11H,2-4,7-8H2,1H3,(H,24,32)(H2,25,26,27,28,29,30). The average molecular weight is 458 g/mol. The highest BCUT2D eigenvalue weighted by Gasteiger charge is 2.45. The number of anilines is 4. The molecule has 1 unspecified atom stereocenters. The van der Waals surface area contributed by atoms with E-state index in [2.05, 4.69) is 40.8 Å². The van der Waals surface area contributed by atoms with E-state index in [9.17, 15) is 9.18 Å². The van der Waals surface area contributed by atoms with Crippen LogP contribution in [0.25, 0.3) is 0 Å². The predicted molar refractivity (Wildman–Crippen MR) is 116 cm³/mol. The van der Waals surface area contributed by atoms with Crippen LogP contribution in [0.2, 0.25) is 5.28 Å². The van der Waals surface area contributed by atoms with Gasteiger partial charge in [0.05, 0.1) is 17.6 Å². The predicted octanol–water partition coefficient (Wildman–Crippen LogP) is 3.40. The molecule has 1 saturated carbocycles. The lowest BCUT2D eigenvalue weighted by molar-refractivity contribution is -0.120. The van der Waals surface area contributed by atoms with Crippen LogP contribution < -0.4 is 15.5 Å². The summed E-state index contributed by atoms with van der Waals surface area (Å²) in [5, 5.41) is 13.1. The third-order valence-corrected chi connectivity index (χ3v) is 5.96. The van der Waals surface area contributed by atoms with E-state index in [1.807, 2.05) is 13.0 Å². The second-order valence-electron chi connectivity index (χ2n) is 8.19. The Bertz CT molecular complexity index is 1150. The highest BCUT2D eigenvalue weighted by Crippen LogP contribution is 2.39. The van der Waals surface area contributed by atoms with Crippen LogP contribution in [-0.2, 0) is 4.79 Å². The zero-order valence-electron chi connectivity index (χ0n) is 17.3. The number of pyridine rings is 1. The Hall–Kier alpha value is -3.34. The van der Waals surface area contributed by atoms with Gasteiger partial charge in [-0.15, -0.1) is 0 Å². The van der Waals surface area contributed by atoms with Crippen molar-refractivity contribution in [2.45, 2.75) is 44.1 Å². The maximum atomic E-state index is 13.1. The fraction of sp³-hybridized carbons (Fsp3) is 0.400. The average Bonchev–Trinajstić information content (AvgIpc) is 3.38. The minimum atomic E-state index is -0.927. The molecule has 32 heavy (non-hydrogen) atoms. The quantitative estimate of drug-likeness (QED) is 0.481. The van der Waals surface area contributed by atoms with Crippen molar-refractivity contribution in [2.24, 2.45) is 0 Å². The number of nitrogens with one attached hydrogen (secondary N) is 3. The Morgan fingerprint density at radius 2 is 2.16 bits per heavy atom. The van der Waals surface area contributed by atoms with Gasteiger partial charge < -0.3 is 15.5 Å². The first kappa shape index (κ1) is 20.6. The molecule has 12 heteroatoms. The van der Waals surface area contributed by atoms with Crippen LogP contribution in [0, 0.1) is 5.95 Å². The van der Waals surface area contributed by atoms with Crippen LogP contribution >= 0.6 is 11.6 Å². The Kier molecular flexibility index (Phi) is 5.12. The molecule has 10 nitrogen and oxygen atoms in total. The van der Waals surface area contributed by atoms with Crippen molar-refractivity contribution in [2.75, 3.05) is 22.1 Å². The van der Waals surface area contributed by atoms with E-state index < -0.39 is 11.5 Å². The van der Waals surface area contributed by atoms with E-state index in [4.69, 9.17) is 11.6 Å². The number of hydrogen-bond acceptors (Lipinski definition) is 8. The Balaban J connectivity index is 1.37. The highest BCUT2D eigenvalue weighted by molar-refractivity contribution is 6.28. The molecule has 0 bridgehead atoms. The maximum absolute atomic E-state index is 13.1. The van der Waals surface area contributed by atoms with Crippen LogP contribution in [0.5, 0.6) is 0 Å². The number of nitrogens with zero attached hydrogens (tertiary/aromatic N) is 6. The first-order valence-corrected chi connectivity index (χ1v) is 10.7. The van der Waals surface area contributed by atoms with Gasteiger partial charge in [0.1, 0.15) is 11.4 Å². The molecule has 1 amide bonds. The number of aromatic amines is 1. The molecule has 3 aromatic rings. The van der Waals surface area contributed by atoms with E-state index in [-0.39, 0.29) is 17.1 Å². The number of halogens is 2. The van der Waals surface area contributed by atoms with Gasteiger partial charge in [-0.1, -0.05) is 0 Å². The lowest BCUT2D eigenvalue weighted by atomic mass is 9.97. The third kappa shape index (κ3) is 4.07. The summed E-state index contributed by atoms with van der Waals surface area (Å²) in [7, 11) is 0. The summed E-state index contributed by atoms with van der Waals surface area (Å²) in [5.41, 5.74) is 0.488. The summed E-state index contributed by atoms with van der Waals surface area (Å²) in [6, 6.07) is 4.59. The van der Waals surface area contributed by atoms with E-state index in [1.165, 1.54) is 18.3 Å². The van der Waals surface area contributed by atoms with Gasteiger partial charge in [-0.25, -0.2) is 4.98 Å². The van der Waals surface area contributed by atoms with Gasteiger partial charge in [-0.3, -0.25) is 9.89 Å². The number of H-pyrrole nitrogens is 1. The number of carbonyl (C=O) groups is 1. The highest BCUT2D eigenvalue weighted by atomic mass is 35.5. The van der Waals surface area contributed by atoms with Crippen molar-refractivity contribution in [1.82, 2.24) is 30.1 Å². The number of carbonyl (C=O) groups excluding carboxylic acids is 1. The van der Waals surface area contributed by atoms with Crippen LogP contribution in [0.4, 0.5) is 27.8 Å². The molecule has 5 rings (SSSR count). The van der Waals surface area contributed by atoms with Gasteiger partial charge in [0.25, 0.3) is 0 Å². The molecule has 0 radical (unpaired) electrons. The Morgan fingerprint density at radius 3 is 2.91 bits per heavy atom. The van der Waals surface area contributed by atoms with Crippen LogP contribution in [0.1, 0.15) is 44.2 Å². The van der Waals surface area contributed by atoms with E-state index >= 15 is 0 Å². The lowest BCUT2D eigenvalue weighted by Crippen LogP contribution is -2.51. The second-order valence-corrected chi connectivity index (χ2v) is 8.52. The fourth-order valence-corrected chi connectivity index (χ4v) is 4.02. The van der Waals surface area contributed by atoms with Gasteiger partial charge in [0.15, 0.2) is 0 Å². The zero-order chi connectivity index (χ0) is 22.3. The maximum Gasteiger partial charge on any atom is 0.250 e. The topological polar surface area (TPSA) is 125 Å². The largest absolute Gasteiger partial charge is 0.326 e. The van der Waals surface area contributed by atoms with Crippen molar-refractivity contribution in [1.29, 1.82) is 0 Å². The van der Waals surface area contributed by atoms with Crippen molar-refractivity contribution >= 4 is 40.9 Å².